The summed E-state index contributed by atoms with van der Waals surface area (Å²) in [5.41, 5.74) is 1.13. The summed E-state index contributed by atoms with van der Waals surface area (Å²) in [5.74, 6) is 1.30. The van der Waals surface area contributed by atoms with Gasteiger partial charge in [0.2, 0.25) is 21.8 Å². The molecule has 4 aromatic heterocycles. The van der Waals surface area contributed by atoms with Gasteiger partial charge in [-0.3, -0.25) is 9.36 Å². The number of aryl methyl sites for hydroxylation is 1. The fourth-order valence-corrected chi connectivity index (χ4v) is 6.34. The Labute approximate surface area is 238 Å². The van der Waals surface area contributed by atoms with E-state index in [0.29, 0.717) is 67.7 Å². The average Bonchev–Trinajstić information content (AvgIpc) is 3.38. The molecule has 1 aliphatic rings. The number of fused-ring (bicyclic) bond motifs is 1. The summed E-state index contributed by atoms with van der Waals surface area (Å²) in [6, 6.07) is 6.77. The maximum atomic E-state index is 13.6. The maximum absolute atomic E-state index is 13.6. The lowest BCUT2D eigenvalue weighted by atomic mass is 10.2. The Morgan fingerprint density at radius 3 is 2.44 bits per heavy atom. The van der Waals surface area contributed by atoms with Crippen LogP contribution in [-0.2, 0) is 23.5 Å². The standard InChI is InChI=1S/C27H34N8O5S/c1-6-20-23-24(31-35(20)21-10-9-11-22(29-21)39-5)27(36)32(4)25(30-23)19-16-18(17-28-26(19)40-8-3)41(37,38)34-14-12-33(7-2)13-15-34/h9-11,16-17H,6-8,12-15H2,1-5H3. The highest BCUT2D eigenvalue weighted by molar-refractivity contribution is 7.89. The zero-order chi connectivity index (χ0) is 29.3. The van der Waals surface area contributed by atoms with E-state index in [2.05, 4.69) is 26.9 Å². The highest BCUT2D eigenvalue weighted by atomic mass is 32.2. The van der Waals surface area contributed by atoms with Crippen LogP contribution in [0.5, 0.6) is 11.8 Å². The van der Waals surface area contributed by atoms with Crippen LogP contribution >= 0.6 is 0 Å². The molecule has 0 aromatic carbocycles. The van der Waals surface area contributed by atoms with Crippen LogP contribution < -0.4 is 15.0 Å². The number of rotatable bonds is 9. The van der Waals surface area contributed by atoms with Crippen LogP contribution in [0.2, 0.25) is 0 Å². The zero-order valence-corrected chi connectivity index (χ0v) is 24.7. The molecule has 0 aliphatic carbocycles. The van der Waals surface area contributed by atoms with Gasteiger partial charge in [-0.2, -0.15) is 14.4 Å². The quantitative estimate of drug-likeness (QED) is 0.288. The molecule has 0 N–H and O–H groups in total. The van der Waals surface area contributed by atoms with Gasteiger partial charge in [-0.1, -0.05) is 19.9 Å². The van der Waals surface area contributed by atoms with Crippen molar-refractivity contribution in [3.63, 3.8) is 0 Å². The van der Waals surface area contributed by atoms with Crippen LogP contribution in [-0.4, -0.2) is 93.4 Å². The van der Waals surface area contributed by atoms with Crippen molar-refractivity contribution < 1.29 is 17.9 Å². The molecule has 4 aromatic rings. The third-order valence-corrected chi connectivity index (χ3v) is 9.09. The highest BCUT2D eigenvalue weighted by Gasteiger charge is 2.30. The first-order valence-electron chi connectivity index (χ1n) is 13.6. The van der Waals surface area contributed by atoms with Gasteiger partial charge in [0.1, 0.15) is 16.2 Å². The summed E-state index contributed by atoms with van der Waals surface area (Å²) in [6.07, 6.45) is 1.81. The molecule has 5 rings (SSSR count). The third-order valence-electron chi connectivity index (χ3n) is 7.23. The number of hydrogen-bond acceptors (Lipinski definition) is 10. The summed E-state index contributed by atoms with van der Waals surface area (Å²) in [6.45, 7) is 9.05. The smallest absolute Gasteiger partial charge is 0.281 e. The summed E-state index contributed by atoms with van der Waals surface area (Å²) in [4.78, 5) is 29.5. The van der Waals surface area contributed by atoms with E-state index in [1.54, 1.807) is 36.9 Å². The molecule has 0 bridgehead atoms. The molecule has 14 heteroatoms. The van der Waals surface area contributed by atoms with Gasteiger partial charge in [0.25, 0.3) is 5.56 Å². The van der Waals surface area contributed by atoms with E-state index in [4.69, 9.17) is 14.5 Å². The van der Waals surface area contributed by atoms with Crippen LogP contribution in [0.15, 0.2) is 40.2 Å². The van der Waals surface area contributed by atoms with Crippen molar-refractivity contribution in [2.45, 2.75) is 32.1 Å². The molecule has 13 nitrogen and oxygen atoms in total. The molecule has 0 atom stereocenters. The number of ether oxygens (including phenoxy) is 2. The van der Waals surface area contributed by atoms with Crippen LogP contribution in [0.25, 0.3) is 28.2 Å². The fourth-order valence-electron chi connectivity index (χ4n) is 4.95. The van der Waals surface area contributed by atoms with Crippen LogP contribution in [0.4, 0.5) is 0 Å². The number of piperazine rings is 1. The van der Waals surface area contributed by atoms with Crippen molar-refractivity contribution >= 4 is 21.1 Å². The number of methoxy groups -OCH3 is 1. The van der Waals surface area contributed by atoms with E-state index in [1.807, 2.05) is 6.92 Å². The lowest BCUT2D eigenvalue weighted by Crippen LogP contribution is -2.48. The molecule has 0 spiro atoms. The minimum Gasteiger partial charge on any atom is -0.481 e. The van der Waals surface area contributed by atoms with Crippen molar-refractivity contribution in [1.82, 2.24) is 38.5 Å². The predicted molar refractivity (Wildman–Crippen MR) is 153 cm³/mol. The molecule has 0 radical (unpaired) electrons. The number of hydrogen-bond donors (Lipinski definition) is 0. The molecule has 1 fully saturated rings. The number of pyridine rings is 2. The summed E-state index contributed by atoms with van der Waals surface area (Å²) < 4.78 is 42.7. The van der Waals surface area contributed by atoms with E-state index < -0.39 is 15.6 Å². The SMILES string of the molecule is CCOc1ncc(S(=O)(=O)N2CCN(CC)CC2)cc1-c1nc2c(CC)n(-c3cccc(OC)n3)nc2c(=O)n1C. The van der Waals surface area contributed by atoms with Gasteiger partial charge in [0.15, 0.2) is 11.3 Å². The summed E-state index contributed by atoms with van der Waals surface area (Å²) in [7, 11) is -0.740. The van der Waals surface area contributed by atoms with Gasteiger partial charge in [-0.25, -0.2) is 23.1 Å². The zero-order valence-electron chi connectivity index (χ0n) is 23.9. The largest absolute Gasteiger partial charge is 0.481 e. The third kappa shape index (κ3) is 5.18. The molecule has 1 aliphatic heterocycles. The lowest BCUT2D eigenvalue weighted by molar-refractivity contribution is 0.196. The topological polar surface area (TPSA) is 138 Å². The minimum absolute atomic E-state index is 0.0160. The average molecular weight is 583 g/mol. The highest BCUT2D eigenvalue weighted by Crippen LogP contribution is 2.31. The Bertz CT molecular complexity index is 1740. The van der Waals surface area contributed by atoms with Crippen molar-refractivity contribution in [3.8, 4) is 29.0 Å². The molecular formula is C27H34N8O5S. The molecule has 0 unspecified atom stereocenters. The molecular weight excluding hydrogens is 548 g/mol. The fraction of sp³-hybridized carbons (Fsp3) is 0.444. The monoisotopic (exact) mass is 582 g/mol. The second-order valence-electron chi connectivity index (χ2n) is 9.54. The second kappa shape index (κ2) is 11.5. The predicted octanol–water partition coefficient (Wildman–Crippen LogP) is 1.87. The summed E-state index contributed by atoms with van der Waals surface area (Å²) in [5, 5.41) is 4.56. The first-order chi connectivity index (χ1) is 19.7. The minimum atomic E-state index is -3.84. The van der Waals surface area contributed by atoms with Crippen molar-refractivity contribution in [3.05, 3.63) is 46.5 Å². The molecule has 1 saturated heterocycles. The van der Waals surface area contributed by atoms with Crippen LogP contribution in [0.1, 0.15) is 26.5 Å². The van der Waals surface area contributed by atoms with Crippen LogP contribution in [0, 0.1) is 0 Å². The Kier molecular flexibility index (Phi) is 8.07. The van der Waals surface area contributed by atoms with E-state index in [1.165, 1.54) is 28.2 Å². The van der Waals surface area contributed by atoms with E-state index in [0.717, 1.165) is 6.54 Å². The maximum Gasteiger partial charge on any atom is 0.281 e. The molecule has 218 valence electrons. The van der Waals surface area contributed by atoms with E-state index >= 15 is 0 Å². The molecule has 5 heterocycles. The van der Waals surface area contributed by atoms with Crippen LogP contribution in [0.3, 0.4) is 0 Å². The van der Waals surface area contributed by atoms with Crippen molar-refractivity contribution in [2.75, 3.05) is 46.4 Å². The Hall–Kier alpha value is -3.88. The van der Waals surface area contributed by atoms with E-state index in [-0.39, 0.29) is 22.1 Å². The van der Waals surface area contributed by atoms with Gasteiger partial charge >= 0.3 is 0 Å². The van der Waals surface area contributed by atoms with Crippen molar-refractivity contribution in [1.29, 1.82) is 0 Å². The van der Waals surface area contributed by atoms with Gasteiger partial charge in [-0.15, -0.1) is 0 Å². The Morgan fingerprint density at radius 1 is 1.02 bits per heavy atom. The number of aromatic nitrogens is 6. The molecule has 0 amide bonds. The number of nitrogens with zero attached hydrogens (tertiary/aromatic N) is 8. The Morgan fingerprint density at radius 2 is 1.78 bits per heavy atom. The Balaban J connectivity index is 1.67. The van der Waals surface area contributed by atoms with Gasteiger partial charge in [0.05, 0.1) is 31.2 Å². The molecule has 41 heavy (non-hydrogen) atoms. The number of sulfonamides is 1. The number of likely N-dealkylation sites (N-methyl/N-ethyl adjacent to an activating group) is 1. The van der Waals surface area contributed by atoms with Gasteiger partial charge in [0, 0.05) is 39.3 Å². The van der Waals surface area contributed by atoms with E-state index in [9.17, 15) is 13.2 Å². The normalized spacial score (nSPS) is 15.0. The lowest BCUT2D eigenvalue weighted by Gasteiger charge is -2.33. The van der Waals surface area contributed by atoms with Gasteiger partial charge in [-0.05, 0) is 32.0 Å². The second-order valence-corrected chi connectivity index (χ2v) is 11.5. The first-order valence-corrected chi connectivity index (χ1v) is 15.0. The van der Waals surface area contributed by atoms with Gasteiger partial charge < -0.3 is 14.4 Å². The van der Waals surface area contributed by atoms with Crippen molar-refractivity contribution in [2.24, 2.45) is 7.05 Å². The molecule has 0 saturated carbocycles. The first kappa shape index (κ1) is 28.6. The summed E-state index contributed by atoms with van der Waals surface area (Å²) >= 11 is 0.